The second-order valence-electron chi connectivity index (χ2n) is 15.3. The molecule has 2 aromatic carbocycles. The van der Waals surface area contributed by atoms with Gasteiger partial charge in [0.1, 0.15) is 5.75 Å². The Hall–Kier alpha value is -4.02. The van der Waals surface area contributed by atoms with E-state index >= 15 is 0 Å². The van der Waals surface area contributed by atoms with Crippen LogP contribution in [0.1, 0.15) is 123 Å². The lowest BCUT2D eigenvalue weighted by atomic mass is 9.81. The van der Waals surface area contributed by atoms with E-state index in [0.29, 0.717) is 42.7 Å². The summed E-state index contributed by atoms with van der Waals surface area (Å²) in [7, 11) is 1.71. The Morgan fingerprint density at radius 1 is 1.02 bits per heavy atom. The van der Waals surface area contributed by atoms with E-state index in [1.165, 1.54) is 47.9 Å². The minimum absolute atomic E-state index is 0.0302. The fraction of sp³-hybridized carbons (Fsp3) is 0.500. The van der Waals surface area contributed by atoms with Crippen molar-refractivity contribution in [3.8, 4) is 17.0 Å². The van der Waals surface area contributed by atoms with Crippen LogP contribution in [0.3, 0.4) is 0 Å². The predicted molar refractivity (Wildman–Crippen MR) is 213 cm³/mol. The van der Waals surface area contributed by atoms with E-state index < -0.39 is 0 Å². The van der Waals surface area contributed by atoms with Crippen LogP contribution >= 0.6 is 11.9 Å². The molecule has 2 aromatic heterocycles. The van der Waals surface area contributed by atoms with Gasteiger partial charge in [0.2, 0.25) is 0 Å². The van der Waals surface area contributed by atoms with Crippen LogP contribution in [0, 0.1) is 0 Å². The van der Waals surface area contributed by atoms with Gasteiger partial charge in [0.15, 0.2) is 0 Å². The van der Waals surface area contributed by atoms with E-state index in [1.807, 2.05) is 15.6 Å². The average Bonchev–Trinajstić information content (AvgIpc) is 3.68. The van der Waals surface area contributed by atoms with Gasteiger partial charge in [-0.05, 0) is 111 Å². The number of nitrogens with zero attached hydrogens (tertiary/aromatic N) is 5. The molecular formula is C42H54N6O3S. The van der Waals surface area contributed by atoms with Crippen molar-refractivity contribution in [3.05, 3.63) is 70.5 Å². The number of methoxy groups -OCH3 is 1. The zero-order valence-electron chi connectivity index (χ0n) is 31.9. The summed E-state index contributed by atoms with van der Waals surface area (Å²) in [5, 5.41) is 6.35. The van der Waals surface area contributed by atoms with Crippen molar-refractivity contribution in [2.75, 3.05) is 33.3 Å². The van der Waals surface area contributed by atoms with Crippen LogP contribution in [0.5, 0.6) is 5.75 Å². The maximum atomic E-state index is 14.5. The van der Waals surface area contributed by atoms with Crippen LogP contribution in [-0.4, -0.2) is 80.5 Å². The van der Waals surface area contributed by atoms with E-state index in [0.717, 1.165) is 59.6 Å². The van der Waals surface area contributed by atoms with Crippen molar-refractivity contribution < 1.29 is 14.3 Å². The minimum atomic E-state index is -0.0898. The second kappa shape index (κ2) is 15.1. The number of amides is 2. The number of carbonyl (C=O) groups is 2. The van der Waals surface area contributed by atoms with Gasteiger partial charge < -0.3 is 14.2 Å². The second-order valence-corrected chi connectivity index (χ2v) is 16.7. The number of carbonyl (C=O) groups excluding carboxylic acids is 2. The number of piperazine rings is 1. The predicted octanol–water partition coefficient (Wildman–Crippen LogP) is 8.65. The molecule has 2 fully saturated rings. The number of allylic oxidation sites excluding steroid dienone is 1. The molecule has 2 amide bonds. The first-order valence-electron chi connectivity index (χ1n) is 19.2. The minimum Gasteiger partial charge on any atom is -0.497 e. The van der Waals surface area contributed by atoms with Crippen molar-refractivity contribution >= 4 is 46.3 Å². The Morgan fingerprint density at radius 2 is 1.81 bits per heavy atom. The highest BCUT2D eigenvalue weighted by molar-refractivity contribution is 7.98. The Morgan fingerprint density at radius 3 is 2.50 bits per heavy atom. The zero-order valence-corrected chi connectivity index (χ0v) is 32.7. The van der Waals surface area contributed by atoms with Crippen LogP contribution in [0.2, 0.25) is 0 Å². The fourth-order valence-corrected chi connectivity index (χ4v) is 9.07. The first-order valence-corrected chi connectivity index (χ1v) is 20.1. The molecule has 1 saturated carbocycles. The Bertz CT molecular complexity index is 2000. The van der Waals surface area contributed by atoms with Gasteiger partial charge in [0, 0.05) is 59.0 Å². The quantitative estimate of drug-likeness (QED) is 0.174. The average molecular weight is 723 g/mol. The summed E-state index contributed by atoms with van der Waals surface area (Å²) in [6, 6.07) is 12.9. The highest BCUT2D eigenvalue weighted by Gasteiger charge is 2.34. The summed E-state index contributed by atoms with van der Waals surface area (Å²) in [4.78, 5) is 32.4. The first kappa shape index (κ1) is 36.3. The third kappa shape index (κ3) is 6.80. The number of nitrogens with one attached hydrogen (secondary N) is 1. The summed E-state index contributed by atoms with van der Waals surface area (Å²) >= 11 is 1.44. The van der Waals surface area contributed by atoms with E-state index in [9.17, 15) is 9.59 Å². The maximum absolute atomic E-state index is 14.5. The lowest BCUT2D eigenvalue weighted by Gasteiger charge is -2.39. The van der Waals surface area contributed by atoms with Crippen molar-refractivity contribution in [2.24, 2.45) is 0 Å². The van der Waals surface area contributed by atoms with Crippen molar-refractivity contribution in [1.82, 2.24) is 28.9 Å². The van der Waals surface area contributed by atoms with Crippen molar-refractivity contribution in [3.63, 3.8) is 0 Å². The molecule has 0 radical (unpaired) electrons. The Balaban J connectivity index is 1.43. The van der Waals surface area contributed by atoms with Gasteiger partial charge in [-0.3, -0.25) is 23.9 Å². The number of fused-ring (bicyclic) bond motifs is 5. The third-order valence-corrected chi connectivity index (χ3v) is 12.0. The van der Waals surface area contributed by atoms with Gasteiger partial charge in [-0.1, -0.05) is 46.1 Å². The number of aromatic nitrogens is 3. The first-order chi connectivity index (χ1) is 25.1. The van der Waals surface area contributed by atoms with Crippen LogP contribution in [0.25, 0.3) is 33.8 Å². The molecule has 276 valence electrons. The zero-order chi connectivity index (χ0) is 36.7. The normalized spacial score (nSPS) is 18.4. The van der Waals surface area contributed by atoms with Crippen LogP contribution in [0.15, 0.2) is 42.6 Å². The Kier molecular flexibility index (Phi) is 10.6. The van der Waals surface area contributed by atoms with E-state index in [2.05, 4.69) is 92.1 Å². The lowest BCUT2D eigenvalue weighted by molar-refractivity contribution is 0.0528. The van der Waals surface area contributed by atoms with Crippen LogP contribution in [0.4, 0.5) is 0 Å². The topological polar surface area (TPSA) is 84.6 Å². The summed E-state index contributed by atoms with van der Waals surface area (Å²) in [6.07, 6.45) is 10.0. The number of benzene rings is 2. The molecule has 10 heteroatoms. The van der Waals surface area contributed by atoms with Gasteiger partial charge in [0.25, 0.3) is 11.8 Å². The van der Waals surface area contributed by atoms with E-state index in [4.69, 9.17) is 9.84 Å². The molecule has 1 saturated heterocycles. The standard InChI is InChI=1S/C42H54N6O3S/c1-8-45-18-19-46(24-28(45)6)42(50)36-23-43-48(26(2)3)39(36)32-20-31-21-33(51-7)15-17-34(31)40-38(29-12-10-9-11-13-29)35-16-14-30(22-37(35)47(40)25-32)41(49)44-52-27(4)5/h14-17,20-23,26-29H,8-13,18-19,24-25H2,1-7H3,(H,44,49). The summed E-state index contributed by atoms with van der Waals surface area (Å²) in [6.45, 7) is 16.5. The number of likely N-dealkylation sites (N-methyl/N-ethyl adjacent to an activating group) is 1. The van der Waals surface area contributed by atoms with Gasteiger partial charge in [-0.15, -0.1) is 0 Å². The smallest absolute Gasteiger partial charge is 0.261 e. The highest BCUT2D eigenvalue weighted by atomic mass is 32.2. The van der Waals surface area contributed by atoms with E-state index in [-0.39, 0.29) is 23.1 Å². The van der Waals surface area contributed by atoms with Crippen LogP contribution in [-0.2, 0) is 6.54 Å². The van der Waals surface area contributed by atoms with Crippen LogP contribution < -0.4 is 9.46 Å². The van der Waals surface area contributed by atoms with Crippen molar-refractivity contribution in [2.45, 2.75) is 103 Å². The summed E-state index contributed by atoms with van der Waals surface area (Å²) in [5.74, 6) is 1.15. The lowest BCUT2D eigenvalue weighted by Crippen LogP contribution is -2.53. The van der Waals surface area contributed by atoms with Gasteiger partial charge >= 0.3 is 0 Å². The molecule has 2 aliphatic heterocycles. The summed E-state index contributed by atoms with van der Waals surface area (Å²) < 4.78 is 13.3. The fourth-order valence-electron chi connectivity index (χ4n) is 8.61. The number of rotatable bonds is 9. The molecule has 1 N–H and O–H groups in total. The molecule has 1 unspecified atom stereocenters. The largest absolute Gasteiger partial charge is 0.497 e. The van der Waals surface area contributed by atoms with Crippen molar-refractivity contribution in [1.29, 1.82) is 0 Å². The molecule has 4 heterocycles. The van der Waals surface area contributed by atoms with Gasteiger partial charge in [-0.25, -0.2) is 0 Å². The summed E-state index contributed by atoms with van der Waals surface area (Å²) in [5.41, 5.74) is 8.96. The Labute approximate surface area is 312 Å². The molecule has 1 aliphatic carbocycles. The van der Waals surface area contributed by atoms with Gasteiger partial charge in [-0.2, -0.15) is 5.10 Å². The number of hydrogen-bond donors (Lipinski definition) is 1. The molecule has 3 aliphatic rings. The molecule has 7 rings (SSSR count). The van der Waals surface area contributed by atoms with Gasteiger partial charge in [0.05, 0.1) is 36.8 Å². The molecule has 52 heavy (non-hydrogen) atoms. The molecule has 1 atom stereocenters. The molecule has 4 aromatic rings. The number of hydrogen-bond acceptors (Lipinski definition) is 6. The number of ether oxygens (including phenoxy) is 1. The van der Waals surface area contributed by atoms with E-state index in [1.54, 1.807) is 13.3 Å². The highest BCUT2D eigenvalue weighted by Crippen LogP contribution is 2.48. The third-order valence-electron chi connectivity index (χ3n) is 11.2. The maximum Gasteiger partial charge on any atom is 0.261 e. The molecule has 9 nitrogen and oxygen atoms in total. The molecule has 0 bridgehead atoms. The molecular weight excluding hydrogens is 669 g/mol. The SMILES string of the molecule is CCN1CCN(C(=O)c2cnn(C(C)C)c2C2=Cc3cc(OC)ccc3-c3c(C4CCCCC4)c4ccc(C(=O)NSC(C)C)cc4n3C2)CC1C. The monoisotopic (exact) mass is 722 g/mol. The molecule has 0 spiro atoms.